The summed E-state index contributed by atoms with van der Waals surface area (Å²) in [5.74, 6) is 0.677. The van der Waals surface area contributed by atoms with E-state index in [1.807, 2.05) is 20.8 Å². The molecule has 1 aliphatic rings. The number of hydrogen-bond acceptors (Lipinski definition) is 5. The van der Waals surface area contributed by atoms with E-state index in [0.717, 1.165) is 11.3 Å². The number of ether oxygens (including phenoxy) is 2. The van der Waals surface area contributed by atoms with E-state index in [4.69, 9.17) is 9.47 Å². The zero-order valence-electron chi connectivity index (χ0n) is 16.0. The Bertz CT molecular complexity index is 854. The Labute approximate surface area is 157 Å². The number of nitrogens with one attached hydrogen (secondary N) is 2. The minimum Gasteiger partial charge on any atom is -0.496 e. The van der Waals surface area contributed by atoms with Crippen LogP contribution in [0.5, 0.6) is 5.75 Å². The molecule has 0 radical (unpaired) electrons. The number of methoxy groups -OCH3 is 1. The first-order chi connectivity index (χ1) is 12.8. The third-order valence-electron chi connectivity index (χ3n) is 4.17. The van der Waals surface area contributed by atoms with E-state index < -0.39 is 5.60 Å². The summed E-state index contributed by atoms with van der Waals surface area (Å²) in [6.07, 6.45) is 0.217. The molecular formula is C19H24N4O4. The molecule has 0 bridgehead atoms. The number of rotatable bonds is 3. The Hall–Kier alpha value is -3.03. The lowest BCUT2D eigenvalue weighted by Crippen LogP contribution is -2.39. The van der Waals surface area contributed by atoms with Crippen LogP contribution in [0, 0.1) is 0 Å². The molecule has 1 aliphatic heterocycles. The normalized spacial score (nSPS) is 13.7. The number of para-hydroxylation sites is 1. The number of nitrogens with zero attached hydrogens (tertiary/aromatic N) is 2. The van der Waals surface area contributed by atoms with Gasteiger partial charge >= 0.3 is 6.09 Å². The van der Waals surface area contributed by atoms with Gasteiger partial charge in [0.05, 0.1) is 24.9 Å². The van der Waals surface area contributed by atoms with Crippen LogP contribution in [0.15, 0.2) is 24.3 Å². The number of carbonyl (C=O) groups is 2. The Balaban J connectivity index is 1.71. The number of H-pyrrole nitrogens is 1. The quantitative estimate of drug-likeness (QED) is 0.863. The van der Waals surface area contributed by atoms with Crippen molar-refractivity contribution in [2.45, 2.75) is 39.3 Å². The molecule has 0 fully saturated rings. The summed E-state index contributed by atoms with van der Waals surface area (Å²) >= 11 is 0. The van der Waals surface area contributed by atoms with Gasteiger partial charge in [-0.05, 0) is 39.3 Å². The van der Waals surface area contributed by atoms with Crippen LogP contribution < -0.4 is 10.1 Å². The number of hydrogen-bond donors (Lipinski definition) is 2. The third-order valence-corrected chi connectivity index (χ3v) is 4.17. The molecule has 27 heavy (non-hydrogen) atoms. The summed E-state index contributed by atoms with van der Waals surface area (Å²) in [6.45, 7) is 6.37. The van der Waals surface area contributed by atoms with Gasteiger partial charge in [0.15, 0.2) is 5.82 Å². The van der Waals surface area contributed by atoms with Crippen LogP contribution in [0.3, 0.4) is 0 Å². The van der Waals surface area contributed by atoms with Gasteiger partial charge in [0.25, 0.3) is 5.91 Å². The van der Waals surface area contributed by atoms with Crippen molar-refractivity contribution in [2.24, 2.45) is 0 Å². The molecule has 1 aromatic heterocycles. The van der Waals surface area contributed by atoms with Gasteiger partial charge < -0.3 is 19.7 Å². The van der Waals surface area contributed by atoms with E-state index in [-0.39, 0.29) is 12.0 Å². The van der Waals surface area contributed by atoms with Crippen molar-refractivity contribution in [1.29, 1.82) is 0 Å². The minimum atomic E-state index is -0.542. The van der Waals surface area contributed by atoms with Crippen molar-refractivity contribution < 1.29 is 19.1 Å². The zero-order chi connectivity index (χ0) is 19.6. The molecule has 2 amide bonds. The number of carbonyl (C=O) groups excluding carboxylic acids is 2. The van der Waals surface area contributed by atoms with Crippen molar-refractivity contribution in [3.8, 4) is 5.75 Å². The standard InChI is InChI=1S/C19H24N4O4/c1-19(2,3)27-18(25)23-10-9-12-14(11-23)21-22-16(12)20-17(24)13-7-5-6-8-15(13)26-4/h5-8H,9-11H2,1-4H3,(H2,20,21,22,24). The van der Waals surface area contributed by atoms with E-state index in [1.165, 1.54) is 7.11 Å². The Kier molecular flexibility index (Phi) is 5.07. The second-order valence-corrected chi connectivity index (χ2v) is 7.34. The highest BCUT2D eigenvalue weighted by Crippen LogP contribution is 2.26. The summed E-state index contributed by atoms with van der Waals surface area (Å²) in [5.41, 5.74) is 1.59. The molecule has 0 unspecified atom stereocenters. The van der Waals surface area contributed by atoms with Crippen molar-refractivity contribution in [3.63, 3.8) is 0 Å². The topological polar surface area (TPSA) is 96.5 Å². The molecule has 8 nitrogen and oxygen atoms in total. The number of benzene rings is 1. The fraction of sp³-hybridized carbons (Fsp3) is 0.421. The van der Waals surface area contributed by atoms with Crippen LogP contribution in [-0.2, 0) is 17.7 Å². The first-order valence-corrected chi connectivity index (χ1v) is 8.77. The molecule has 2 heterocycles. The monoisotopic (exact) mass is 372 g/mol. The smallest absolute Gasteiger partial charge is 0.410 e. The summed E-state index contributed by atoms with van der Waals surface area (Å²) in [4.78, 5) is 26.4. The summed E-state index contributed by atoms with van der Waals surface area (Å²) < 4.78 is 10.6. The largest absolute Gasteiger partial charge is 0.496 e. The molecule has 144 valence electrons. The summed E-state index contributed by atoms with van der Waals surface area (Å²) in [5, 5.41) is 9.95. The van der Waals surface area contributed by atoms with E-state index >= 15 is 0 Å². The van der Waals surface area contributed by atoms with Gasteiger partial charge in [0, 0.05) is 12.1 Å². The maximum absolute atomic E-state index is 12.6. The number of aromatic nitrogens is 2. The summed E-state index contributed by atoms with van der Waals surface area (Å²) in [6, 6.07) is 7.00. The van der Waals surface area contributed by atoms with Crippen LogP contribution in [0.1, 0.15) is 42.4 Å². The van der Waals surface area contributed by atoms with Gasteiger partial charge in [-0.15, -0.1) is 0 Å². The molecule has 3 rings (SSSR count). The second-order valence-electron chi connectivity index (χ2n) is 7.34. The van der Waals surface area contributed by atoms with E-state index in [0.29, 0.717) is 36.6 Å². The van der Waals surface area contributed by atoms with E-state index in [2.05, 4.69) is 15.5 Å². The van der Waals surface area contributed by atoms with Crippen molar-refractivity contribution in [2.75, 3.05) is 19.0 Å². The van der Waals surface area contributed by atoms with Crippen molar-refractivity contribution >= 4 is 17.8 Å². The molecule has 0 atom stereocenters. The van der Waals surface area contributed by atoms with Gasteiger partial charge in [-0.25, -0.2) is 4.79 Å². The molecule has 1 aromatic carbocycles. The number of fused-ring (bicyclic) bond motifs is 1. The highest BCUT2D eigenvalue weighted by atomic mass is 16.6. The minimum absolute atomic E-state index is 0.295. The Morgan fingerprint density at radius 3 is 2.70 bits per heavy atom. The lowest BCUT2D eigenvalue weighted by molar-refractivity contribution is 0.0221. The predicted octanol–water partition coefficient (Wildman–Crippen LogP) is 2.96. The average molecular weight is 372 g/mol. The molecule has 2 aromatic rings. The first-order valence-electron chi connectivity index (χ1n) is 8.77. The van der Waals surface area contributed by atoms with Crippen LogP contribution in [-0.4, -0.2) is 46.4 Å². The van der Waals surface area contributed by atoms with Crippen LogP contribution in [0.4, 0.5) is 10.6 Å². The van der Waals surface area contributed by atoms with Crippen LogP contribution in [0.2, 0.25) is 0 Å². The molecule has 0 aliphatic carbocycles. The SMILES string of the molecule is COc1ccccc1C(=O)Nc1n[nH]c2c1CCN(C(=O)OC(C)(C)C)C2. The maximum Gasteiger partial charge on any atom is 0.410 e. The van der Waals surface area contributed by atoms with E-state index in [1.54, 1.807) is 29.2 Å². The molecular weight excluding hydrogens is 348 g/mol. The molecule has 0 saturated carbocycles. The predicted molar refractivity (Wildman–Crippen MR) is 99.9 cm³/mol. The van der Waals surface area contributed by atoms with E-state index in [9.17, 15) is 9.59 Å². The molecule has 0 spiro atoms. The first kappa shape index (κ1) is 18.8. The highest BCUT2D eigenvalue weighted by molar-refractivity contribution is 6.06. The average Bonchev–Trinajstić information content (AvgIpc) is 3.02. The number of aromatic amines is 1. The van der Waals surface area contributed by atoms with Gasteiger partial charge in [-0.3, -0.25) is 9.89 Å². The third kappa shape index (κ3) is 4.21. The lowest BCUT2D eigenvalue weighted by atomic mass is 10.1. The van der Waals surface area contributed by atoms with Crippen molar-refractivity contribution in [3.05, 3.63) is 41.1 Å². The molecule has 2 N–H and O–H groups in total. The fourth-order valence-corrected chi connectivity index (χ4v) is 2.91. The highest BCUT2D eigenvalue weighted by Gasteiger charge is 2.29. The Morgan fingerprint density at radius 2 is 2.00 bits per heavy atom. The molecule has 0 saturated heterocycles. The zero-order valence-corrected chi connectivity index (χ0v) is 16.0. The summed E-state index contributed by atoms with van der Waals surface area (Å²) in [7, 11) is 1.52. The lowest BCUT2D eigenvalue weighted by Gasteiger charge is -2.29. The van der Waals surface area contributed by atoms with Crippen LogP contribution in [0.25, 0.3) is 0 Å². The van der Waals surface area contributed by atoms with Crippen molar-refractivity contribution in [1.82, 2.24) is 15.1 Å². The number of anilines is 1. The van der Waals surface area contributed by atoms with Crippen LogP contribution >= 0.6 is 0 Å². The maximum atomic E-state index is 12.6. The molecule has 8 heteroatoms. The Morgan fingerprint density at radius 1 is 1.26 bits per heavy atom. The van der Waals surface area contributed by atoms with Gasteiger partial charge in [0.1, 0.15) is 11.4 Å². The van der Waals surface area contributed by atoms with Gasteiger partial charge in [0.2, 0.25) is 0 Å². The number of amides is 2. The van der Waals surface area contributed by atoms with Gasteiger partial charge in [-0.2, -0.15) is 5.10 Å². The van der Waals surface area contributed by atoms with Gasteiger partial charge in [-0.1, -0.05) is 12.1 Å². The second kappa shape index (κ2) is 7.30. The fourth-order valence-electron chi connectivity index (χ4n) is 2.91.